The first kappa shape index (κ1) is 22.0. The first-order valence-corrected chi connectivity index (χ1v) is 12.6. The van der Waals surface area contributed by atoms with Crippen molar-refractivity contribution in [3.05, 3.63) is 31.0 Å². The molecule has 35 heavy (non-hydrogen) atoms. The lowest BCUT2D eigenvalue weighted by atomic mass is 9.70. The summed E-state index contributed by atoms with van der Waals surface area (Å²) in [7, 11) is 0. The number of fused-ring (bicyclic) bond motifs is 1. The molecule has 10 nitrogen and oxygen atoms in total. The molecule has 1 aliphatic heterocycles. The molecule has 2 amide bonds. The highest BCUT2D eigenvalue weighted by Gasteiger charge is 2.49. The Balaban J connectivity index is 1.10. The van der Waals surface area contributed by atoms with Gasteiger partial charge in [-0.15, -0.1) is 0 Å². The molecule has 3 aliphatic rings. The van der Waals surface area contributed by atoms with Gasteiger partial charge in [0.1, 0.15) is 12.0 Å². The topological polar surface area (TPSA) is 119 Å². The van der Waals surface area contributed by atoms with Crippen molar-refractivity contribution in [1.29, 1.82) is 5.26 Å². The molecular weight excluding hydrogens is 442 g/mol. The molecule has 182 valence electrons. The third kappa shape index (κ3) is 4.04. The van der Waals surface area contributed by atoms with E-state index >= 15 is 0 Å². The molecular formula is C25H31N9O. The Morgan fingerprint density at radius 1 is 1.29 bits per heavy atom. The number of nitrogens with one attached hydrogen (secondary N) is 2. The number of aromatic nitrogens is 5. The van der Waals surface area contributed by atoms with Gasteiger partial charge in [0.05, 0.1) is 29.9 Å². The smallest absolute Gasteiger partial charge is 0.317 e. The van der Waals surface area contributed by atoms with Gasteiger partial charge in [-0.25, -0.2) is 14.8 Å². The number of carbonyl (C=O) groups excluding carboxylic acids is 1. The Bertz CT molecular complexity index is 1260. The predicted molar refractivity (Wildman–Crippen MR) is 130 cm³/mol. The average Bonchev–Trinajstić information content (AvgIpc) is 3.39. The molecule has 2 aliphatic carbocycles. The molecule has 4 heterocycles. The maximum absolute atomic E-state index is 12.6. The predicted octanol–water partition coefficient (Wildman–Crippen LogP) is 2.72. The van der Waals surface area contributed by atoms with Gasteiger partial charge in [-0.05, 0) is 44.6 Å². The highest BCUT2D eigenvalue weighted by molar-refractivity contribution is 5.90. The van der Waals surface area contributed by atoms with Gasteiger partial charge in [0, 0.05) is 61.6 Å². The van der Waals surface area contributed by atoms with Crippen molar-refractivity contribution in [3.8, 4) is 17.3 Å². The standard InChI is InChI=1S/C25H31N9O/c1-17(18-2-3-18)31-24(35)33-10-8-32(9-11-33)20-12-25(13-20,5-6-26)34-15-19(14-30-34)22-21-4-7-27-23(21)29-16-28-22/h4,7,14-18,20H,2-3,5,8-13H2,1H3,(H,31,35)(H,27,28,29)/t17-,20-,25-/m1/s1. The molecule has 3 aromatic rings. The highest BCUT2D eigenvalue weighted by Crippen LogP contribution is 2.45. The van der Waals surface area contributed by atoms with Crippen LogP contribution in [0, 0.1) is 17.2 Å². The quantitative estimate of drug-likeness (QED) is 0.568. The van der Waals surface area contributed by atoms with Gasteiger partial charge in [-0.1, -0.05) is 0 Å². The Morgan fingerprint density at radius 3 is 2.83 bits per heavy atom. The van der Waals surface area contributed by atoms with E-state index in [0.29, 0.717) is 18.4 Å². The summed E-state index contributed by atoms with van der Waals surface area (Å²) >= 11 is 0. The third-order valence-electron chi connectivity index (χ3n) is 8.13. The molecule has 1 atom stereocenters. The van der Waals surface area contributed by atoms with Crippen LogP contribution >= 0.6 is 0 Å². The zero-order valence-electron chi connectivity index (χ0n) is 20.0. The van der Waals surface area contributed by atoms with Crippen LogP contribution in [0.25, 0.3) is 22.3 Å². The summed E-state index contributed by atoms with van der Waals surface area (Å²) in [5.74, 6) is 0.662. The lowest BCUT2D eigenvalue weighted by Gasteiger charge is -2.52. The van der Waals surface area contributed by atoms with Gasteiger partial charge in [0.2, 0.25) is 0 Å². The van der Waals surface area contributed by atoms with Gasteiger partial charge in [0.25, 0.3) is 0 Å². The fourth-order valence-corrected chi connectivity index (χ4v) is 5.73. The number of nitriles is 1. The zero-order valence-corrected chi connectivity index (χ0v) is 20.0. The number of urea groups is 1. The van der Waals surface area contributed by atoms with Gasteiger partial charge < -0.3 is 15.2 Å². The van der Waals surface area contributed by atoms with Crippen LogP contribution in [-0.4, -0.2) is 78.8 Å². The molecule has 3 fully saturated rings. The SMILES string of the molecule is C[C@@H](NC(=O)N1CCN([C@H]2C[C@](CC#N)(n3cc(-c4ncnc5[nH]ccc45)cn3)C2)CC1)C1CC1. The average molecular weight is 474 g/mol. The van der Waals surface area contributed by atoms with Crippen molar-refractivity contribution in [1.82, 2.24) is 39.8 Å². The molecule has 2 saturated carbocycles. The second kappa shape index (κ2) is 8.64. The van der Waals surface area contributed by atoms with Crippen LogP contribution in [0.5, 0.6) is 0 Å². The molecule has 0 bridgehead atoms. The minimum absolute atomic E-state index is 0.0711. The Morgan fingerprint density at radius 2 is 2.09 bits per heavy atom. The highest BCUT2D eigenvalue weighted by atomic mass is 16.2. The van der Waals surface area contributed by atoms with Crippen LogP contribution < -0.4 is 5.32 Å². The van der Waals surface area contributed by atoms with Gasteiger partial charge in [0.15, 0.2) is 0 Å². The van der Waals surface area contributed by atoms with E-state index in [9.17, 15) is 10.1 Å². The molecule has 6 rings (SSSR count). The third-order valence-corrected chi connectivity index (χ3v) is 8.13. The number of nitrogens with zero attached hydrogens (tertiary/aromatic N) is 7. The number of rotatable bonds is 6. The number of carbonyl (C=O) groups is 1. The van der Waals surface area contributed by atoms with Crippen LogP contribution in [-0.2, 0) is 5.54 Å². The van der Waals surface area contributed by atoms with Crippen molar-refractivity contribution in [2.24, 2.45) is 5.92 Å². The summed E-state index contributed by atoms with van der Waals surface area (Å²) in [4.78, 5) is 28.9. The van der Waals surface area contributed by atoms with Crippen LogP contribution in [0.2, 0.25) is 0 Å². The number of aromatic amines is 1. The van der Waals surface area contributed by atoms with Crippen molar-refractivity contribution in [2.75, 3.05) is 26.2 Å². The fraction of sp³-hybridized carbons (Fsp3) is 0.560. The monoisotopic (exact) mass is 473 g/mol. The number of H-pyrrole nitrogens is 1. The van der Waals surface area contributed by atoms with E-state index < -0.39 is 0 Å². The largest absolute Gasteiger partial charge is 0.346 e. The van der Waals surface area contributed by atoms with Gasteiger partial charge in [-0.2, -0.15) is 10.4 Å². The molecule has 2 N–H and O–H groups in total. The number of hydrogen-bond donors (Lipinski definition) is 2. The molecule has 3 aromatic heterocycles. The Kier molecular flexibility index (Phi) is 5.44. The first-order valence-electron chi connectivity index (χ1n) is 12.6. The van der Waals surface area contributed by atoms with E-state index in [-0.39, 0.29) is 17.6 Å². The summed E-state index contributed by atoms with van der Waals surface area (Å²) < 4.78 is 1.98. The van der Waals surface area contributed by atoms with Gasteiger partial charge in [-0.3, -0.25) is 9.58 Å². The van der Waals surface area contributed by atoms with Crippen molar-refractivity contribution < 1.29 is 4.79 Å². The van der Waals surface area contributed by atoms with E-state index in [0.717, 1.165) is 61.3 Å². The fourth-order valence-electron chi connectivity index (χ4n) is 5.73. The molecule has 0 spiro atoms. The van der Waals surface area contributed by atoms with Crippen LogP contribution in [0.3, 0.4) is 0 Å². The summed E-state index contributed by atoms with van der Waals surface area (Å²) in [6.45, 7) is 5.35. The van der Waals surface area contributed by atoms with Crippen LogP contribution in [0.4, 0.5) is 4.79 Å². The zero-order chi connectivity index (χ0) is 24.0. The minimum Gasteiger partial charge on any atom is -0.346 e. The number of piperazine rings is 1. The van der Waals surface area contributed by atoms with Crippen molar-refractivity contribution in [2.45, 2.75) is 56.7 Å². The normalized spacial score (nSPS) is 25.7. The van der Waals surface area contributed by atoms with Crippen molar-refractivity contribution in [3.63, 3.8) is 0 Å². The molecule has 0 unspecified atom stereocenters. The summed E-state index contributed by atoms with van der Waals surface area (Å²) in [5.41, 5.74) is 2.28. The first-order chi connectivity index (χ1) is 17.1. The van der Waals surface area contributed by atoms with Crippen molar-refractivity contribution >= 4 is 17.1 Å². The second-order valence-electron chi connectivity index (χ2n) is 10.4. The summed E-state index contributed by atoms with van der Waals surface area (Å²) in [6.07, 6.45) is 11.9. The van der Waals surface area contributed by atoms with Gasteiger partial charge >= 0.3 is 6.03 Å². The Hall–Kier alpha value is -3.45. The second-order valence-corrected chi connectivity index (χ2v) is 10.4. The van der Waals surface area contributed by atoms with E-state index in [1.54, 1.807) is 6.33 Å². The maximum Gasteiger partial charge on any atom is 0.317 e. The molecule has 0 radical (unpaired) electrons. The van der Waals surface area contributed by atoms with E-state index in [1.165, 1.54) is 12.8 Å². The van der Waals surface area contributed by atoms with E-state index in [4.69, 9.17) is 0 Å². The summed E-state index contributed by atoms with van der Waals surface area (Å²) in [5, 5.41) is 18.4. The number of hydrogen-bond acceptors (Lipinski definition) is 6. The maximum atomic E-state index is 12.6. The molecule has 10 heteroatoms. The lowest BCUT2D eigenvalue weighted by molar-refractivity contribution is -0.0130. The van der Waals surface area contributed by atoms with Crippen LogP contribution in [0.1, 0.15) is 39.0 Å². The molecule has 1 saturated heterocycles. The van der Waals surface area contributed by atoms with E-state index in [2.05, 4.69) is 43.3 Å². The molecule has 0 aromatic carbocycles. The van der Waals surface area contributed by atoms with E-state index in [1.807, 2.05) is 34.2 Å². The summed E-state index contributed by atoms with van der Waals surface area (Å²) in [6, 6.07) is 5.11. The van der Waals surface area contributed by atoms with Crippen LogP contribution in [0.15, 0.2) is 31.0 Å². The number of amides is 2. The Labute approximate surface area is 204 Å². The minimum atomic E-state index is -0.295. The lowest BCUT2D eigenvalue weighted by Crippen LogP contribution is -2.61.